The first kappa shape index (κ1) is 12.3. The number of hydrogen-bond donors (Lipinski definition) is 0. The first-order valence-corrected chi connectivity index (χ1v) is 7.32. The molecule has 4 rings (SSSR count). The van der Waals surface area contributed by atoms with E-state index in [9.17, 15) is 0 Å². The summed E-state index contributed by atoms with van der Waals surface area (Å²) in [7, 11) is 0. The van der Waals surface area contributed by atoms with Crippen LogP contribution in [0.4, 0.5) is 0 Å². The summed E-state index contributed by atoms with van der Waals surface area (Å²) in [5, 5.41) is 2.62. The van der Waals surface area contributed by atoms with E-state index in [1.807, 2.05) is 0 Å². The largest absolute Gasteiger partial charge is 0.329 e. The van der Waals surface area contributed by atoms with E-state index in [1.165, 1.54) is 32.9 Å². The molecule has 2 aromatic carbocycles. The minimum atomic E-state index is 0.846. The minimum Gasteiger partial charge on any atom is -0.329 e. The van der Waals surface area contributed by atoms with Crippen molar-refractivity contribution in [2.24, 2.45) is 0 Å². The fourth-order valence-electron chi connectivity index (χ4n) is 3.05. The molecule has 0 amide bonds. The quantitative estimate of drug-likeness (QED) is 0.500. The zero-order chi connectivity index (χ0) is 14.4. The van der Waals surface area contributed by atoms with Crippen molar-refractivity contribution in [2.45, 2.75) is 20.5 Å². The molecule has 0 radical (unpaired) electrons. The number of hydrogen-bond acceptors (Lipinski definition) is 0. The fourth-order valence-corrected chi connectivity index (χ4v) is 3.05. The van der Waals surface area contributed by atoms with Crippen LogP contribution in [0.5, 0.6) is 0 Å². The van der Waals surface area contributed by atoms with Gasteiger partial charge < -0.3 is 9.13 Å². The molecule has 0 fully saturated rings. The summed E-state index contributed by atoms with van der Waals surface area (Å²) in [5.74, 6) is 0. The van der Waals surface area contributed by atoms with Crippen LogP contribution in [0.2, 0.25) is 0 Å². The molecule has 2 heterocycles. The molecule has 2 nitrogen and oxygen atoms in total. The molecule has 0 N–H and O–H groups in total. The highest BCUT2D eigenvalue weighted by molar-refractivity contribution is 5.82. The van der Waals surface area contributed by atoms with Crippen molar-refractivity contribution < 1.29 is 0 Å². The monoisotopic (exact) mass is 274 g/mol. The van der Waals surface area contributed by atoms with Crippen LogP contribution < -0.4 is 0 Å². The lowest BCUT2D eigenvalue weighted by Gasteiger charge is -2.09. The number of aryl methyl sites for hydroxylation is 2. The number of nitrogens with zero attached hydrogens (tertiary/aromatic N) is 2. The van der Waals surface area contributed by atoms with Gasteiger partial charge in [0, 0.05) is 23.4 Å². The first-order valence-electron chi connectivity index (χ1n) is 7.32. The highest BCUT2D eigenvalue weighted by Gasteiger charge is 2.04. The average molecular weight is 274 g/mol. The van der Waals surface area contributed by atoms with Gasteiger partial charge in [-0.2, -0.15) is 0 Å². The summed E-state index contributed by atoms with van der Waals surface area (Å²) in [6, 6.07) is 17.6. The van der Waals surface area contributed by atoms with Crippen molar-refractivity contribution in [1.82, 2.24) is 9.13 Å². The van der Waals surface area contributed by atoms with Crippen molar-refractivity contribution in [3.63, 3.8) is 0 Å². The highest BCUT2D eigenvalue weighted by Crippen LogP contribution is 2.21. The van der Waals surface area contributed by atoms with E-state index in [-0.39, 0.29) is 0 Å². The summed E-state index contributed by atoms with van der Waals surface area (Å²) in [6.45, 7) is 5.12. The molecular formula is C19H18N2. The minimum absolute atomic E-state index is 0.846. The van der Waals surface area contributed by atoms with Crippen molar-refractivity contribution in [1.29, 1.82) is 0 Å². The number of benzene rings is 2. The molecule has 0 bridgehead atoms. The molecule has 104 valence electrons. The Morgan fingerprint density at radius 1 is 0.667 bits per heavy atom. The molecule has 2 heteroatoms. The van der Waals surface area contributed by atoms with Gasteiger partial charge in [-0.05, 0) is 61.0 Å². The van der Waals surface area contributed by atoms with Crippen LogP contribution in [0.25, 0.3) is 21.8 Å². The number of rotatable bonds is 2. The maximum Gasteiger partial charge on any atom is 0.0988 e. The van der Waals surface area contributed by atoms with Crippen LogP contribution in [0, 0.1) is 13.8 Å². The van der Waals surface area contributed by atoms with Gasteiger partial charge in [0.1, 0.15) is 0 Å². The van der Waals surface area contributed by atoms with E-state index in [4.69, 9.17) is 0 Å². The summed E-state index contributed by atoms with van der Waals surface area (Å²) in [4.78, 5) is 0. The third-order valence-electron chi connectivity index (χ3n) is 4.16. The van der Waals surface area contributed by atoms with Gasteiger partial charge in [0.05, 0.1) is 6.67 Å². The zero-order valence-electron chi connectivity index (χ0n) is 12.4. The van der Waals surface area contributed by atoms with Crippen molar-refractivity contribution >= 4 is 21.8 Å². The Hall–Kier alpha value is -2.48. The predicted octanol–water partition coefficient (Wildman–Crippen LogP) is 4.72. The van der Waals surface area contributed by atoms with Gasteiger partial charge in [0.15, 0.2) is 0 Å². The molecule has 0 atom stereocenters. The molecule has 0 aliphatic heterocycles. The molecule has 0 saturated heterocycles. The van der Waals surface area contributed by atoms with Gasteiger partial charge in [-0.1, -0.05) is 23.3 Å². The standard InChI is InChI=1S/C19H18N2/c1-14-3-5-18-16(11-14)7-9-20(18)13-21-10-8-17-12-15(2)4-6-19(17)21/h3-12H,13H2,1-2H3. The number of aromatic nitrogens is 2. The van der Waals surface area contributed by atoms with Crippen molar-refractivity contribution in [2.75, 3.05) is 0 Å². The van der Waals surface area contributed by atoms with Gasteiger partial charge in [-0.25, -0.2) is 0 Å². The lowest BCUT2D eigenvalue weighted by atomic mass is 10.2. The lowest BCUT2D eigenvalue weighted by Crippen LogP contribution is -2.05. The average Bonchev–Trinajstić information content (AvgIpc) is 3.03. The second-order valence-corrected chi connectivity index (χ2v) is 5.84. The molecular weight excluding hydrogens is 256 g/mol. The Labute approximate surface area is 124 Å². The summed E-state index contributed by atoms with van der Waals surface area (Å²) < 4.78 is 4.60. The van der Waals surface area contributed by atoms with Gasteiger partial charge in [0.2, 0.25) is 0 Å². The summed E-state index contributed by atoms with van der Waals surface area (Å²) >= 11 is 0. The van der Waals surface area contributed by atoms with Gasteiger partial charge in [-0.3, -0.25) is 0 Å². The van der Waals surface area contributed by atoms with E-state index >= 15 is 0 Å². The lowest BCUT2D eigenvalue weighted by molar-refractivity contribution is 0.647. The fraction of sp³-hybridized carbons (Fsp3) is 0.158. The van der Waals surface area contributed by atoms with Gasteiger partial charge in [0.25, 0.3) is 0 Å². The van der Waals surface area contributed by atoms with Crippen LogP contribution in [0.3, 0.4) is 0 Å². The summed E-state index contributed by atoms with van der Waals surface area (Å²) in [6.07, 6.45) is 4.34. The van der Waals surface area contributed by atoms with Gasteiger partial charge in [-0.15, -0.1) is 0 Å². The Morgan fingerprint density at radius 2 is 1.14 bits per heavy atom. The van der Waals surface area contributed by atoms with Crippen molar-refractivity contribution in [3.05, 3.63) is 72.1 Å². The SMILES string of the molecule is Cc1ccc2c(ccn2Cn2ccc3cc(C)ccc32)c1. The number of fused-ring (bicyclic) bond motifs is 2. The van der Waals surface area contributed by atoms with E-state index in [0.717, 1.165) is 6.67 Å². The van der Waals surface area contributed by atoms with Crippen LogP contribution in [0.1, 0.15) is 11.1 Å². The zero-order valence-corrected chi connectivity index (χ0v) is 12.4. The van der Waals surface area contributed by atoms with Crippen LogP contribution in [-0.4, -0.2) is 9.13 Å². The molecule has 0 saturated carbocycles. The predicted molar refractivity (Wildman–Crippen MR) is 88.7 cm³/mol. The van der Waals surface area contributed by atoms with E-state index in [2.05, 4.69) is 83.9 Å². The Morgan fingerprint density at radius 3 is 1.62 bits per heavy atom. The maximum atomic E-state index is 2.30. The molecule has 0 unspecified atom stereocenters. The smallest absolute Gasteiger partial charge is 0.0988 e. The Kier molecular flexibility index (Phi) is 2.64. The van der Waals surface area contributed by atoms with Gasteiger partial charge >= 0.3 is 0 Å². The Bertz CT molecular complexity index is 863. The molecule has 2 aromatic heterocycles. The normalized spacial score (nSPS) is 11.5. The van der Waals surface area contributed by atoms with Crippen LogP contribution in [0.15, 0.2) is 60.9 Å². The third kappa shape index (κ3) is 2.04. The molecule has 0 aliphatic rings. The molecule has 0 aliphatic carbocycles. The second kappa shape index (κ2) is 4.52. The molecule has 4 aromatic rings. The first-order chi connectivity index (χ1) is 10.2. The third-order valence-corrected chi connectivity index (χ3v) is 4.16. The summed E-state index contributed by atoms with van der Waals surface area (Å²) in [5.41, 5.74) is 5.19. The van der Waals surface area contributed by atoms with E-state index in [0.29, 0.717) is 0 Å². The van der Waals surface area contributed by atoms with Crippen LogP contribution in [-0.2, 0) is 6.67 Å². The molecule has 21 heavy (non-hydrogen) atoms. The maximum absolute atomic E-state index is 2.30. The second-order valence-electron chi connectivity index (χ2n) is 5.84. The van der Waals surface area contributed by atoms with E-state index < -0.39 is 0 Å². The van der Waals surface area contributed by atoms with Crippen molar-refractivity contribution in [3.8, 4) is 0 Å². The highest BCUT2D eigenvalue weighted by atomic mass is 15.1. The van der Waals surface area contributed by atoms with E-state index in [1.54, 1.807) is 0 Å². The van der Waals surface area contributed by atoms with Crippen LogP contribution >= 0.6 is 0 Å². The Balaban J connectivity index is 1.79. The topological polar surface area (TPSA) is 9.86 Å². The molecule has 0 spiro atoms.